The zero-order valence-electron chi connectivity index (χ0n) is 12.2. The number of amides is 1. The number of hydrogen-bond acceptors (Lipinski definition) is 2. The van der Waals surface area contributed by atoms with Crippen LogP contribution in [0.4, 0.5) is 14.5 Å². The number of halogens is 2. The van der Waals surface area contributed by atoms with E-state index in [1.807, 2.05) is 0 Å². The first kappa shape index (κ1) is 14.4. The maximum atomic E-state index is 13.6. The highest BCUT2D eigenvalue weighted by Crippen LogP contribution is 2.40. The van der Waals surface area contributed by atoms with E-state index < -0.39 is 11.6 Å². The molecule has 0 unspecified atom stereocenters. The van der Waals surface area contributed by atoms with Crippen LogP contribution in [0.2, 0.25) is 0 Å². The maximum absolute atomic E-state index is 13.6. The van der Waals surface area contributed by atoms with Crippen LogP contribution >= 0.6 is 0 Å². The fraction of sp³-hybridized carbons (Fsp3) is 0.562. The molecule has 1 spiro atoms. The summed E-state index contributed by atoms with van der Waals surface area (Å²) in [6.45, 7) is 1.85. The molecule has 3 rings (SSSR count). The van der Waals surface area contributed by atoms with Gasteiger partial charge in [-0.3, -0.25) is 4.79 Å². The van der Waals surface area contributed by atoms with Gasteiger partial charge in [0.15, 0.2) is 11.6 Å². The minimum absolute atomic E-state index is 0.0248. The molecular formula is C16H20F2N2O. The topological polar surface area (TPSA) is 23.6 Å². The first-order valence-corrected chi connectivity index (χ1v) is 7.48. The van der Waals surface area contributed by atoms with Gasteiger partial charge in [-0.05, 0) is 44.9 Å². The molecule has 0 N–H and O–H groups in total. The number of carbonyl (C=O) groups excluding carboxylic acids is 1. The third-order valence-electron chi connectivity index (χ3n) is 4.84. The number of carbonyl (C=O) groups is 1. The van der Waals surface area contributed by atoms with Crippen LogP contribution < -0.4 is 4.90 Å². The monoisotopic (exact) mass is 294 g/mol. The van der Waals surface area contributed by atoms with Gasteiger partial charge in [-0.25, -0.2) is 8.78 Å². The summed E-state index contributed by atoms with van der Waals surface area (Å²) in [4.78, 5) is 16.4. The lowest BCUT2D eigenvalue weighted by Gasteiger charge is -2.51. The lowest BCUT2D eigenvalue weighted by molar-refractivity contribution is -0.122. The van der Waals surface area contributed by atoms with Crippen LogP contribution in [0.15, 0.2) is 18.2 Å². The van der Waals surface area contributed by atoms with E-state index in [0.29, 0.717) is 12.1 Å². The van der Waals surface area contributed by atoms with Crippen molar-refractivity contribution < 1.29 is 13.6 Å². The van der Waals surface area contributed by atoms with E-state index in [-0.39, 0.29) is 11.4 Å². The van der Waals surface area contributed by atoms with Gasteiger partial charge in [0.05, 0.1) is 5.54 Å². The lowest BCUT2D eigenvalue weighted by Crippen LogP contribution is -2.59. The average molecular weight is 294 g/mol. The minimum Gasteiger partial charge on any atom is -0.306 e. The van der Waals surface area contributed by atoms with Crippen LogP contribution in [-0.4, -0.2) is 36.5 Å². The fourth-order valence-corrected chi connectivity index (χ4v) is 3.61. The van der Waals surface area contributed by atoms with Gasteiger partial charge in [-0.2, -0.15) is 0 Å². The molecule has 5 heteroatoms. The van der Waals surface area contributed by atoms with Gasteiger partial charge < -0.3 is 9.80 Å². The maximum Gasteiger partial charge on any atom is 0.227 e. The molecule has 2 heterocycles. The quantitative estimate of drug-likeness (QED) is 0.795. The molecule has 0 aliphatic carbocycles. The van der Waals surface area contributed by atoms with Crippen molar-refractivity contribution in [3.05, 3.63) is 29.8 Å². The van der Waals surface area contributed by atoms with Crippen LogP contribution in [0.1, 0.15) is 32.1 Å². The molecular weight excluding hydrogens is 274 g/mol. The summed E-state index contributed by atoms with van der Waals surface area (Å²) in [6.07, 6.45) is 4.06. The molecule has 2 aliphatic rings. The number of anilines is 1. The van der Waals surface area contributed by atoms with Gasteiger partial charge in [-0.1, -0.05) is 0 Å². The molecule has 2 fully saturated rings. The van der Waals surface area contributed by atoms with Crippen molar-refractivity contribution in [3.8, 4) is 0 Å². The van der Waals surface area contributed by atoms with Crippen LogP contribution in [0.25, 0.3) is 0 Å². The molecule has 0 bridgehead atoms. The zero-order chi connectivity index (χ0) is 15.0. The number of benzene rings is 1. The standard InChI is InChI=1S/C16H20F2N2O/c1-19-9-7-16(8-10-19)6-2-3-15(21)20(16)12-4-5-13(17)14(18)11-12/h4-5,11H,2-3,6-10H2,1H3. The van der Waals surface area contributed by atoms with Crippen LogP contribution in [0, 0.1) is 11.6 Å². The van der Waals surface area contributed by atoms with Crippen molar-refractivity contribution in [2.75, 3.05) is 25.0 Å². The summed E-state index contributed by atoms with van der Waals surface area (Å²) in [6, 6.07) is 3.77. The van der Waals surface area contributed by atoms with Crippen molar-refractivity contribution in [3.63, 3.8) is 0 Å². The van der Waals surface area contributed by atoms with E-state index in [1.54, 1.807) is 4.90 Å². The van der Waals surface area contributed by atoms with Crippen LogP contribution in [-0.2, 0) is 4.79 Å². The predicted octanol–water partition coefficient (Wildman–Crippen LogP) is 2.95. The molecule has 2 aliphatic heterocycles. The highest BCUT2D eigenvalue weighted by atomic mass is 19.2. The van der Waals surface area contributed by atoms with E-state index in [0.717, 1.165) is 50.9 Å². The van der Waals surface area contributed by atoms with Gasteiger partial charge >= 0.3 is 0 Å². The summed E-state index contributed by atoms with van der Waals surface area (Å²) in [5.41, 5.74) is 0.259. The Morgan fingerprint density at radius 1 is 1.10 bits per heavy atom. The second-order valence-corrected chi connectivity index (χ2v) is 6.21. The molecule has 114 valence electrons. The Balaban J connectivity index is 1.98. The van der Waals surface area contributed by atoms with E-state index in [2.05, 4.69) is 11.9 Å². The first-order chi connectivity index (χ1) is 10.0. The average Bonchev–Trinajstić information content (AvgIpc) is 2.46. The summed E-state index contributed by atoms with van der Waals surface area (Å²) < 4.78 is 26.7. The molecule has 1 aromatic carbocycles. The van der Waals surface area contributed by atoms with Crippen molar-refractivity contribution in [2.24, 2.45) is 0 Å². The summed E-state index contributed by atoms with van der Waals surface area (Å²) >= 11 is 0. The molecule has 3 nitrogen and oxygen atoms in total. The van der Waals surface area contributed by atoms with Crippen molar-refractivity contribution in [1.82, 2.24) is 4.90 Å². The zero-order valence-corrected chi connectivity index (χ0v) is 12.2. The third kappa shape index (κ3) is 2.55. The van der Waals surface area contributed by atoms with E-state index in [1.165, 1.54) is 6.07 Å². The first-order valence-electron chi connectivity index (χ1n) is 7.48. The Morgan fingerprint density at radius 2 is 1.81 bits per heavy atom. The molecule has 1 amide bonds. The minimum atomic E-state index is -0.894. The predicted molar refractivity (Wildman–Crippen MR) is 77.2 cm³/mol. The summed E-state index contributed by atoms with van der Waals surface area (Å²) in [7, 11) is 2.07. The molecule has 1 aromatic rings. The Kier molecular flexibility index (Phi) is 3.69. The molecule has 0 aromatic heterocycles. The van der Waals surface area contributed by atoms with E-state index in [9.17, 15) is 13.6 Å². The molecule has 0 atom stereocenters. The molecule has 21 heavy (non-hydrogen) atoms. The normalized spacial score (nSPS) is 22.8. The van der Waals surface area contributed by atoms with Gasteiger partial charge in [0, 0.05) is 31.3 Å². The van der Waals surface area contributed by atoms with Gasteiger partial charge in [0.1, 0.15) is 0 Å². The van der Waals surface area contributed by atoms with Crippen molar-refractivity contribution >= 4 is 11.6 Å². The largest absolute Gasteiger partial charge is 0.306 e. The molecule has 2 saturated heterocycles. The lowest BCUT2D eigenvalue weighted by atomic mass is 9.78. The van der Waals surface area contributed by atoms with Gasteiger partial charge in [-0.15, -0.1) is 0 Å². The molecule has 0 radical (unpaired) electrons. The number of nitrogens with zero attached hydrogens (tertiary/aromatic N) is 2. The highest BCUT2D eigenvalue weighted by Gasteiger charge is 2.44. The third-order valence-corrected chi connectivity index (χ3v) is 4.84. The second kappa shape index (κ2) is 5.37. The van der Waals surface area contributed by atoms with E-state index in [4.69, 9.17) is 0 Å². The van der Waals surface area contributed by atoms with Crippen molar-refractivity contribution in [1.29, 1.82) is 0 Å². The Bertz CT molecular complexity index is 553. The SMILES string of the molecule is CN1CCC2(CCCC(=O)N2c2ccc(F)c(F)c2)CC1. The number of rotatable bonds is 1. The van der Waals surface area contributed by atoms with Crippen LogP contribution in [0.5, 0.6) is 0 Å². The van der Waals surface area contributed by atoms with Crippen molar-refractivity contribution in [2.45, 2.75) is 37.6 Å². The number of hydrogen-bond donors (Lipinski definition) is 0. The van der Waals surface area contributed by atoms with Gasteiger partial charge in [0.25, 0.3) is 0 Å². The highest BCUT2D eigenvalue weighted by molar-refractivity contribution is 5.95. The van der Waals surface area contributed by atoms with Gasteiger partial charge in [0.2, 0.25) is 5.91 Å². The number of likely N-dealkylation sites (tertiary alicyclic amines) is 1. The second-order valence-electron chi connectivity index (χ2n) is 6.21. The Morgan fingerprint density at radius 3 is 2.48 bits per heavy atom. The fourth-order valence-electron chi connectivity index (χ4n) is 3.61. The Hall–Kier alpha value is -1.49. The van der Waals surface area contributed by atoms with Crippen LogP contribution in [0.3, 0.4) is 0 Å². The number of piperidine rings is 2. The Labute approximate surface area is 123 Å². The smallest absolute Gasteiger partial charge is 0.227 e. The molecule has 0 saturated carbocycles. The summed E-state index contributed by atoms with van der Waals surface area (Å²) in [5, 5.41) is 0. The summed E-state index contributed by atoms with van der Waals surface area (Å²) in [5.74, 6) is -1.74. The van der Waals surface area contributed by atoms with E-state index >= 15 is 0 Å².